The molecule has 0 aliphatic carbocycles. The van der Waals surface area contributed by atoms with E-state index >= 15 is 0 Å². The summed E-state index contributed by atoms with van der Waals surface area (Å²) in [7, 11) is 0. The Hall–Kier alpha value is -6.36. The maximum absolute atomic E-state index is 6.17. The average molecular weight is 678 g/mol. The summed E-state index contributed by atoms with van der Waals surface area (Å²) in [5.41, 5.74) is 17.0. The Morgan fingerprint density at radius 1 is 0.385 bits per heavy atom. The molecule has 2 aliphatic heterocycles. The van der Waals surface area contributed by atoms with Gasteiger partial charge in [-0.25, -0.2) is 0 Å². The SMILES string of the molecule is c1ccc2c(c1)-c1cc(-c3ccc4oc5ccccc5c4c3)ccc1B1c3ccc(-c4ccc5sc6ccccc6c5c4)cc3-c3ccccc3N12. The number of thiophene rings is 1. The van der Waals surface area contributed by atoms with E-state index in [1.807, 2.05) is 23.5 Å². The summed E-state index contributed by atoms with van der Waals surface area (Å²) in [6.45, 7) is 0.0431. The smallest absolute Gasteiger partial charge is 0.329 e. The fourth-order valence-electron chi connectivity index (χ4n) is 8.90. The van der Waals surface area contributed by atoms with Crippen molar-refractivity contribution in [3.05, 3.63) is 170 Å². The zero-order valence-corrected chi connectivity index (χ0v) is 28.8. The topological polar surface area (TPSA) is 16.4 Å². The highest BCUT2D eigenvalue weighted by Gasteiger charge is 2.42. The molecule has 0 fully saturated rings. The van der Waals surface area contributed by atoms with E-state index in [2.05, 4.69) is 163 Å². The third-order valence-corrected chi connectivity index (χ3v) is 12.4. The summed E-state index contributed by atoms with van der Waals surface area (Å²) in [4.78, 5) is 2.57. The highest BCUT2D eigenvalue weighted by atomic mass is 32.1. The molecular weight excluding hydrogens is 649 g/mol. The summed E-state index contributed by atoms with van der Waals surface area (Å²) < 4.78 is 8.83. The first-order valence-corrected chi connectivity index (χ1v) is 18.7. The largest absolute Gasteiger partial charge is 0.456 e. The average Bonchev–Trinajstić information content (AvgIpc) is 3.78. The van der Waals surface area contributed by atoms with Crippen LogP contribution in [0.5, 0.6) is 0 Å². The lowest BCUT2D eigenvalue weighted by molar-refractivity contribution is 0.669. The molecule has 4 heteroatoms. The van der Waals surface area contributed by atoms with Gasteiger partial charge >= 0.3 is 6.85 Å². The summed E-state index contributed by atoms with van der Waals surface area (Å²) in [6, 6.07) is 62.7. The summed E-state index contributed by atoms with van der Waals surface area (Å²) in [6.07, 6.45) is 0. The van der Waals surface area contributed by atoms with Crippen LogP contribution in [0, 0.1) is 0 Å². The van der Waals surface area contributed by atoms with E-state index in [9.17, 15) is 0 Å². The molecular formula is C48H28BNOS. The van der Waals surface area contributed by atoms with Crippen LogP contribution in [0.25, 0.3) is 86.6 Å². The Morgan fingerprint density at radius 2 is 0.904 bits per heavy atom. The molecule has 0 amide bonds. The fourth-order valence-corrected chi connectivity index (χ4v) is 9.99. The van der Waals surface area contributed by atoms with Crippen molar-refractivity contribution in [2.24, 2.45) is 0 Å². The molecule has 0 bridgehead atoms. The first-order valence-electron chi connectivity index (χ1n) is 17.9. The van der Waals surface area contributed by atoms with Gasteiger partial charge in [-0.1, -0.05) is 109 Å². The number of para-hydroxylation sites is 3. The predicted octanol–water partition coefficient (Wildman–Crippen LogP) is 12.2. The van der Waals surface area contributed by atoms with Gasteiger partial charge in [-0.15, -0.1) is 11.3 Å². The normalized spacial score (nSPS) is 12.9. The van der Waals surface area contributed by atoms with Crippen molar-refractivity contribution in [3.63, 3.8) is 0 Å². The zero-order chi connectivity index (χ0) is 33.9. The second-order valence-electron chi connectivity index (χ2n) is 14.0. The maximum Gasteiger partial charge on any atom is 0.329 e. The molecule has 4 heterocycles. The number of rotatable bonds is 2. The molecule has 2 nitrogen and oxygen atoms in total. The van der Waals surface area contributed by atoms with E-state index in [-0.39, 0.29) is 6.85 Å². The molecule has 52 heavy (non-hydrogen) atoms. The molecule has 240 valence electrons. The van der Waals surface area contributed by atoms with Gasteiger partial charge in [0.2, 0.25) is 0 Å². The van der Waals surface area contributed by atoms with E-state index in [1.165, 1.54) is 87.0 Å². The van der Waals surface area contributed by atoms with Crippen LogP contribution >= 0.6 is 11.3 Å². The molecule has 8 aromatic carbocycles. The monoisotopic (exact) mass is 677 g/mol. The van der Waals surface area contributed by atoms with E-state index in [0.717, 1.165) is 21.9 Å². The van der Waals surface area contributed by atoms with Crippen molar-refractivity contribution in [1.29, 1.82) is 0 Å². The van der Waals surface area contributed by atoms with Crippen LogP contribution in [0.1, 0.15) is 0 Å². The van der Waals surface area contributed by atoms with Gasteiger partial charge in [-0.2, -0.15) is 0 Å². The molecule has 0 radical (unpaired) electrons. The van der Waals surface area contributed by atoms with Gasteiger partial charge in [0.05, 0.1) is 0 Å². The lowest BCUT2D eigenvalue weighted by Crippen LogP contribution is -2.59. The van der Waals surface area contributed by atoms with Crippen LogP contribution < -0.4 is 15.7 Å². The van der Waals surface area contributed by atoms with Gasteiger partial charge in [-0.3, -0.25) is 0 Å². The summed E-state index contributed by atoms with van der Waals surface area (Å²) in [5.74, 6) is 0. The number of hydrogen-bond acceptors (Lipinski definition) is 3. The molecule has 2 aromatic heterocycles. The van der Waals surface area contributed by atoms with Gasteiger partial charge in [0, 0.05) is 53.4 Å². The first kappa shape index (κ1) is 28.4. The third kappa shape index (κ3) is 3.96. The number of nitrogens with zero attached hydrogens (tertiary/aromatic N) is 1. The molecule has 12 rings (SSSR count). The van der Waals surface area contributed by atoms with E-state index in [0.29, 0.717) is 0 Å². The van der Waals surface area contributed by atoms with Crippen molar-refractivity contribution in [2.75, 3.05) is 4.81 Å². The minimum Gasteiger partial charge on any atom is -0.456 e. The molecule has 0 unspecified atom stereocenters. The second kappa shape index (κ2) is 10.6. The van der Waals surface area contributed by atoms with Crippen LogP contribution in [0.15, 0.2) is 174 Å². The molecule has 0 atom stereocenters. The highest BCUT2D eigenvalue weighted by Crippen LogP contribution is 2.47. The molecule has 0 spiro atoms. The Morgan fingerprint density at radius 3 is 1.63 bits per heavy atom. The zero-order valence-electron chi connectivity index (χ0n) is 28.0. The minimum absolute atomic E-state index is 0.0431. The van der Waals surface area contributed by atoms with Crippen LogP contribution in [0.4, 0.5) is 11.4 Å². The second-order valence-corrected chi connectivity index (χ2v) is 15.1. The number of hydrogen-bond donors (Lipinski definition) is 0. The lowest BCUT2D eigenvalue weighted by Gasteiger charge is -2.43. The summed E-state index contributed by atoms with van der Waals surface area (Å²) >= 11 is 1.87. The van der Waals surface area contributed by atoms with Gasteiger partial charge in [0.15, 0.2) is 0 Å². The standard InChI is InChI=1S/C48H28BNOS/c1-5-13-43-33(9-1)37-25-29(31-19-23-46-39(27-31)35-11-3-7-15-45(35)51-46)17-21-41(37)49-42-22-18-30(26-38(42)34-10-2-6-14-44(34)50(43)49)32-20-24-48-40(28-32)36-12-4-8-16-47(36)52-48/h1-28H. The van der Waals surface area contributed by atoms with Crippen molar-refractivity contribution in [2.45, 2.75) is 0 Å². The van der Waals surface area contributed by atoms with Crippen molar-refractivity contribution < 1.29 is 4.42 Å². The van der Waals surface area contributed by atoms with Crippen molar-refractivity contribution in [1.82, 2.24) is 0 Å². The van der Waals surface area contributed by atoms with Crippen LogP contribution in [-0.4, -0.2) is 6.85 Å². The predicted molar refractivity (Wildman–Crippen MR) is 222 cm³/mol. The Labute approximate surface area is 304 Å². The Kier molecular flexibility index (Phi) is 5.77. The number of benzene rings is 8. The number of furan rings is 1. The van der Waals surface area contributed by atoms with Gasteiger partial charge in [0.25, 0.3) is 0 Å². The van der Waals surface area contributed by atoms with Gasteiger partial charge < -0.3 is 9.23 Å². The van der Waals surface area contributed by atoms with Gasteiger partial charge in [-0.05, 0) is 105 Å². The number of fused-ring (bicyclic) bond motifs is 17. The van der Waals surface area contributed by atoms with E-state index in [1.54, 1.807) is 0 Å². The first-order chi connectivity index (χ1) is 25.8. The van der Waals surface area contributed by atoms with Crippen LogP contribution in [0.2, 0.25) is 0 Å². The maximum atomic E-state index is 6.17. The molecule has 0 N–H and O–H groups in total. The third-order valence-electron chi connectivity index (χ3n) is 11.3. The Balaban J connectivity index is 1.04. The molecule has 0 saturated heterocycles. The molecule has 0 saturated carbocycles. The van der Waals surface area contributed by atoms with Crippen molar-refractivity contribution >= 4 is 82.6 Å². The summed E-state index contributed by atoms with van der Waals surface area (Å²) in [5, 5.41) is 4.96. The quantitative estimate of drug-likeness (QED) is 0.169. The van der Waals surface area contributed by atoms with Crippen LogP contribution in [-0.2, 0) is 0 Å². The molecule has 2 aliphatic rings. The Bertz CT molecular complexity index is 2910. The lowest BCUT2D eigenvalue weighted by atomic mass is 9.43. The van der Waals surface area contributed by atoms with Crippen molar-refractivity contribution in [3.8, 4) is 44.5 Å². The molecule has 10 aromatic rings. The van der Waals surface area contributed by atoms with E-state index in [4.69, 9.17) is 4.42 Å². The van der Waals surface area contributed by atoms with Gasteiger partial charge in [0.1, 0.15) is 11.2 Å². The van der Waals surface area contributed by atoms with E-state index < -0.39 is 0 Å². The fraction of sp³-hybridized carbons (Fsp3) is 0. The van der Waals surface area contributed by atoms with Crippen LogP contribution in [0.3, 0.4) is 0 Å². The highest BCUT2D eigenvalue weighted by molar-refractivity contribution is 7.25. The minimum atomic E-state index is 0.0431. The number of anilines is 2.